The second-order valence-electron chi connectivity index (χ2n) is 5.00. The highest BCUT2D eigenvalue weighted by Gasteiger charge is 2.14. The van der Waals surface area contributed by atoms with Crippen molar-refractivity contribution < 1.29 is 4.79 Å². The fourth-order valence-corrected chi connectivity index (χ4v) is 2.48. The number of aromatic nitrogens is 2. The Bertz CT molecular complexity index is 398. The standard InChI is InChI=1S/C14H23N3O/c1-2-3-8-14(18)15-9-10-17-13-7-5-4-6-12(13)11-16-17/h11H,2-10H2,1H3,(H,15,18). The van der Waals surface area contributed by atoms with Crippen LogP contribution in [0.4, 0.5) is 0 Å². The molecule has 2 rings (SSSR count). The summed E-state index contributed by atoms with van der Waals surface area (Å²) in [5, 5.41) is 7.38. The van der Waals surface area contributed by atoms with Crippen molar-refractivity contribution in [2.24, 2.45) is 0 Å². The lowest BCUT2D eigenvalue weighted by atomic mass is 9.98. The van der Waals surface area contributed by atoms with Gasteiger partial charge in [-0.3, -0.25) is 9.48 Å². The van der Waals surface area contributed by atoms with E-state index in [4.69, 9.17) is 0 Å². The summed E-state index contributed by atoms with van der Waals surface area (Å²) in [4.78, 5) is 11.5. The van der Waals surface area contributed by atoms with E-state index in [1.165, 1.54) is 24.1 Å². The van der Waals surface area contributed by atoms with Gasteiger partial charge in [-0.1, -0.05) is 13.3 Å². The van der Waals surface area contributed by atoms with Crippen LogP contribution in [0.5, 0.6) is 0 Å². The van der Waals surface area contributed by atoms with E-state index in [1.807, 2.05) is 6.20 Å². The van der Waals surface area contributed by atoms with Crippen LogP contribution in [0.25, 0.3) is 0 Å². The highest BCUT2D eigenvalue weighted by Crippen LogP contribution is 2.20. The summed E-state index contributed by atoms with van der Waals surface area (Å²) >= 11 is 0. The largest absolute Gasteiger partial charge is 0.354 e. The van der Waals surface area contributed by atoms with Crippen molar-refractivity contribution in [1.29, 1.82) is 0 Å². The molecule has 1 amide bonds. The maximum atomic E-state index is 11.5. The first-order valence-corrected chi connectivity index (χ1v) is 7.11. The van der Waals surface area contributed by atoms with Crippen LogP contribution in [-0.4, -0.2) is 22.2 Å². The van der Waals surface area contributed by atoms with Crippen LogP contribution < -0.4 is 5.32 Å². The van der Waals surface area contributed by atoms with E-state index in [9.17, 15) is 4.79 Å². The average molecular weight is 249 g/mol. The number of carbonyl (C=O) groups excluding carboxylic acids is 1. The summed E-state index contributed by atoms with van der Waals surface area (Å²) < 4.78 is 2.06. The first-order valence-electron chi connectivity index (χ1n) is 7.11. The molecule has 0 saturated heterocycles. The molecule has 4 nitrogen and oxygen atoms in total. The molecule has 0 radical (unpaired) electrons. The Hall–Kier alpha value is -1.32. The first-order chi connectivity index (χ1) is 8.81. The molecule has 1 N–H and O–H groups in total. The van der Waals surface area contributed by atoms with Gasteiger partial charge in [0.1, 0.15) is 0 Å². The number of fused-ring (bicyclic) bond motifs is 1. The van der Waals surface area contributed by atoms with Gasteiger partial charge in [0.2, 0.25) is 5.91 Å². The lowest BCUT2D eigenvalue weighted by Gasteiger charge is -2.14. The molecule has 1 aliphatic carbocycles. The van der Waals surface area contributed by atoms with Crippen LogP contribution in [0.2, 0.25) is 0 Å². The third-order valence-electron chi connectivity index (χ3n) is 3.55. The van der Waals surface area contributed by atoms with Gasteiger partial charge in [0, 0.05) is 18.7 Å². The van der Waals surface area contributed by atoms with Crippen molar-refractivity contribution in [1.82, 2.24) is 15.1 Å². The van der Waals surface area contributed by atoms with Crippen LogP contribution in [0.15, 0.2) is 6.20 Å². The molecule has 1 aromatic heterocycles. The molecule has 1 aromatic rings. The van der Waals surface area contributed by atoms with Crippen molar-refractivity contribution in [3.8, 4) is 0 Å². The second kappa shape index (κ2) is 6.57. The average Bonchev–Trinajstić information content (AvgIpc) is 2.80. The molecule has 1 heterocycles. The Labute approximate surface area is 109 Å². The van der Waals surface area contributed by atoms with Gasteiger partial charge in [0.15, 0.2) is 0 Å². The van der Waals surface area contributed by atoms with Gasteiger partial charge in [-0.05, 0) is 37.7 Å². The molecule has 4 heteroatoms. The van der Waals surface area contributed by atoms with Gasteiger partial charge in [-0.25, -0.2) is 0 Å². The fraction of sp³-hybridized carbons (Fsp3) is 0.714. The molecule has 0 bridgehead atoms. The summed E-state index contributed by atoms with van der Waals surface area (Å²) in [5.74, 6) is 0.165. The van der Waals surface area contributed by atoms with Crippen molar-refractivity contribution in [2.45, 2.75) is 58.4 Å². The SMILES string of the molecule is CCCCC(=O)NCCn1ncc2c1CCCC2. The highest BCUT2D eigenvalue weighted by molar-refractivity contribution is 5.75. The Morgan fingerprint density at radius 3 is 3.11 bits per heavy atom. The third kappa shape index (κ3) is 3.34. The maximum Gasteiger partial charge on any atom is 0.220 e. The molecule has 100 valence electrons. The molecular weight excluding hydrogens is 226 g/mol. The first kappa shape index (κ1) is 13.1. The topological polar surface area (TPSA) is 46.9 Å². The van der Waals surface area contributed by atoms with Crippen LogP contribution >= 0.6 is 0 Å². The molecule has 18 heavy (non-hydrogen) atoms. The van der Waals surface area contributed by atoms with Gasteiger partial charge < -0.3 is 5.32 Å². The normalized spacial score (nSPS) is 14.3. The van der Waals surface area contributed by atoms with Crippen molar-refractivity contribution in [3.63, 3.8) is 0 Å². The van der Waals surface area contributed by atoms with E-state index in [-0.39, 0.29) is 5.91 Å². The molecule has 0 aliphatic heterocycles. The molecule has 0 fully saturated rings. The summed E-state index contributed by atoms with van der Waals surface area (Å²) in [6, 6.07) is 0. The van der Waals surface area contributed by atoms with Crippen LogP contribution in [0, 0.1) is 0 Å². The zero-order valence-corrected chi connectivity index (χ0v) is 11.2. The monoisotopic (exact) mass is 249 g/mol. The minimum absolute atomic E-state index is 0.165. The number of carbonyl (C=O) groups is 1. The number of rotatable bonds is 6. The molecule has 0 aromatic carbocycles. The smallest absolute Gasteiger partial charge is 0.220 e. The van der Waals surface area contributed by atoms with E-state index in [0.717, 1.165) is 32.2 Å². The quantitative estimate of drug-likeness (QED) is 0.839. The predicted octanol–water partition coefficient (Wildman–Crippen LogP) is 2.07. The Morgan fingerprint density at radius 1 is 1.44 bits per heavy atom. The van der Waals surface area contributed by atoms with Crippen molar-refractivity contribution >= 4 is 5.91 Å². The van der Waals surface area contributed by atoms with E-state index >= 15 is 0 Å². The lowest BCUT2D eigenvalue weighted by Crippen LogP contribution is -2.27. The van der Waals surface area contributed by atoms with Crippen LogP contribution in [-0.2, 0) is 24.2 Å². The zero-order valence-electron chi connectivity index (χ0n) is 11.2. The number of unbranched alkanes of at least 4 members (excludes halogenated alkanes) is 1. The maximum absolute atomic E-state index is 11.5. The van der Waals surface area contributed by atoms with Crippen LogP contribution in [0.3, 0.4) is 0 Å². The van der Waals surface area contributed by atoms with Gasteiger partial charge >= 0.3 is 0 Å². The number of aryl methyl sites for hydroxylation is 1. The number of hydrogen-bond acceptors (Lipinski definition) is 2. The highest BCUT2D eigenvalue weighted by atomic mass is 16.1. The second-order valence-corrected chi connectivity index (χ2v) is 5.00. The summed E-state index contributed by atoms with van der Waals surface area (Å²) in [5.41, 5.74) is 2.78. The third-order valence-corrected chi connectivity index (χ3v) is 3.55. The lowest BCUT2D eigenvalue weighted by molar-refractivity contribution is -0.121. The van der Waals surface area contributed by atoms with Gasteiger partial charge in [0.05, 0.1) is 12.7 Å². The minimum Gasteiger partial charge on any atom is -0.354 e. The van der Waals surface area contributed by atoms with E-state index in [0.29, 0.717) is 13.0 Å². The number of hydrogen-bond donors (Lipinski definition) is 1. The Kier molecular flexibility index (Phi) is 4.79. The van der Waals surface area contributed by atoms with Gasteiger partial charge in [-0.15, -0.1) is 0 Å². The summed E-state index contributed by atoms with van der Waals surface area (Å²) in [7, 11) is 0. The minimum atomic E-state index is 0.165. The van der Waals surface area contributed by atoms with E-state index < -0.39 is 0 Å². The van der Waals surface area contributed by atoms with E-state index in [1.54, 1.807) is 0 Å². The Balaban J connectivity index is 1.77. The summed E-state index contributed by atoms with van der Waals surface area (Å²) in [6.07, 6.45) is 9.54. The fourth-order valence-electron chi connectivity index (χ4n) is 2.48. The predicted molar refractivity (Wildman–Crippen MR) is 71.4 cm³/mol. The molecular formula is C14H23N3O. The van der Waals surface area contributed by atoms with Crippen molar-refractivity contribution in [2.75, 3.05) is 6.54 Å². The molecule has 0 spiro atoms. The van der Waals surface area contributed by atoms with E-state index in [2.05, 4.69) is 22.0 Å². The number of nitrogens with zero attached hydrogens (tertiary/aromatic N) is 2. The van der Waals surface area contributed by atoms with Gasteiger partial charge in [-0.2, -0.15) is 5.10 Å². The zero-order chi connectivity index (χ0) is 12.8. The molecule has 1 aliphatic rings. The number of amides is 1. The summed E-state index contributed by atoms with van der Waals surface area (Å²) in [6.45, 7) is 3.59. The van der Waals surface area contributed by atoms with Crippen molar-refractivity contribution in [3.05, 3.63) is 17.5 Å². The molecule has 0 unspecified atom stereocenters. The van der Waals surface area contributed by atoms with Crippen LogP contribution in [0.1, 0.15) is 50.3 Å². The van der Waals surface area contributed by atoms with Gasteiger partial charge in [0.25, 0.3) is 0 Å². The Morgan fingerprint density at radius 2 is 2.28 bits per heavy atom. The molecule has 0 atom stereocenters. The molecule has 0 saturated carbocycles. The number of nitrogens with one attached hydrogen (secondary N) is 1.